The Morgan fingerprint density at radius 3 is 2.46 bits per heavy atom. The minimum Gasteiger partial charge on any atom is -0.445 e. The maximum absolute atomic E-state index is 13.7. The molecule has 0 saturated carbocycles. The lowest BCUT2D eigenvalue weighted by molar-refractivity contribution is 0.0554. The predicted octanol–water partition coefficient (Wildman–Crippen LogP) is 4.76. The van der Waals surface area contributed by atoms with Gasteiger partial charge < -0.3 is 20.2 Å². The van der Waals surface area contributed by atoms with Gasteiger partial charge in [0, 0.05) is 36.3 Å². The first kappa shape index (κ1) is 26.2. The highest BCUT2D eigenvalue weighted by atomic mass is 19.1. The van der Waals surface area contributed by atoms with Crippen molar-refractivity contribution in [3.63, 3.8) is 0 Å². The van der Waals surface area contributed by atoms with E-state index in [2.05, 4.69) is 4.98 Å². The van der Waals surface area contributed by atoms with Crippen molar-refractivity contribution in [1.29, 1.82) is 0 Å². The summed E-state index contributed by atoms with van der Waals surface area (Å²) in [5, 5.41) is 10.9. The molecule has 0 aliphatic rings. The molecular weight excluding hydrogens is 476 g/mol. The number of nitrogens with zero attached hydrogens (tertiary/aromatic N) is 2. The number of carbonyl (C=O) groups excluding carboxylic acids is 1. The van der Waals surface area contributed by atoms with Crippen LogP contribution in [0.25, 0.3) is 11.5 Å². The van der Waals surface area contributed by atoms with Gasteiger partial charge in [0.1, 0.15) is 17.9 Å². The van der Waals surface area contributed by atoms with E-state index in [1.807, 2.05) is 31.2 Å². The van der Waals surface area contributed by atoms with Crippen molar-refractivity contribution in [1.82, 2.24) is 9.88 Å². The van der Waals surface area contributed by atoms with Crippen LogP contribution in [0, 0.1) is 11.6 Å². The molecule has 0 spiro atoms. The van der Waals surface area contributed by atoms with E-state index in [0.29, 0.717) is 22.6 Å². The van der Waals surface area contributed by atoms with Gasteiger partial charge in [-0.05, 0) is 59.9 Å². The summed E-state index contributed by atoms with van der Waals surface area (Å²) in [5.74, 6) is -1.34. The second-order valence-electron chi connectivity index (χ2n) is 8.99. The summed E-state index contributed by atoms with van der Waals surface area (Å²) in [4.78, 5) is 19.3. The van der Waals surface area contributed by atoms with E-state index >= 15 is 0 Å². The molecule has 0 fully saturated rings. The van der Waals surface area contributed by atoms with Crippen LogP contribution in [0.4, 0.5) is 8.78 Å². The lowest BCUT2D eigenvalue weighted by Gasteiger charge is -2.28. The van der Waals surface area contributed by atoms with Crippen molar-refractivity contribution in [2.75, 3.05) is 6.54 Å². The number of aliphatic hydroxyl groups is 1. The van der Waals surface area contributed by atoms with Gasteiger partial charge in [0.2, 0.25) is 5.89 Å². The molecule has 4 aromatic rings. The average molecular weight is 506 g/mol. The van der Waals surface area contributed by atoms with Crippen LogP contribution in [-0.2, 0) is 19.4 Å². The fourth-order valence-corrected chi connectivity index (χ4v) is 4.22. The second kappa shape index (κ2) is 11.9. The molecule has 1 amide bonds. The number of benzene rings is 3. The summed E-state index contributed by atoms with van der Waals surface area (Å²) in [7, 11) is 0. The summed E-state index contributed by atoms with van der Waals surface area (Å²) in [6, 6.07) is 17.1. The molecule has 8 heteroatoms. The number of halogens is 2. The van der Waals surface area contributed by atoms with Crippen LogP contribution >= 0.6 is 0 Å². The van der Waals surface area contributed by atoms with Gasteiger partial charge in [-0.3, -0.25) is 4.79 Å². The van der Waals surface area contributed by atoms with Crippen LogP contribution in [0.5, 0.6) is 0 Å². The van der Waals surface area contributed by atoms with Gasteiger partial charge in [0.25, 0.3) is 5.91 Å². The van der Waals surface area contributed by atoms with Crippen molar-refractivity contribution in [2.45, 2.75) is 38.5 Å². The van der Waals surface area contributed by atoms with E-state index in [1.54, 1.807) is 24.3 Å². The first-order valence-corrected chi connectivity index (χ1v) is 12.1. The predicted molar refractivity (Wildman–Crippen MR) is 137 cm³/mol. The molecule has 2 unspecified atom stereocenters. The fourth-order valence-electron chi connectivity index (χ4n) is 4.22. The molecule has 1 aromatic heterocycles. The van der Waals surface area contributed by atoms with Crippen molar-refractivity contribution >= 4 is 5.91 Å². The number of amides is 1. The minimum absolute atomic E-state index is 0.0445. The van der Waals surface area contributed by atoms with E-state index in [4.69, 9.17) is 10.2 Å². The monoisotopic (exact) mass is 505 g/mol. The number of hydrogen-bond acceptors (Lipinski definition) is 5. The van der Waals surface area contributed by atoms with E-state index in [0.717, 1.165) is 23.6 Å². The third-order valence-electron chi connectivity index (χ3n) is 6.14. The van der Waals surface area contributed by atoms with Crippen molar-refractivity contribution in [2.24, 2.45) is 5.73 Å². The quantitative estimate of drug-likeness (QED) is 0.324. The minimum atomic E-state index is -1.14. The lowest BCUT2D eigenvalue weighted by atomic mass is 10.0. The zero-order valence-corrected chi connectivity index (χ0v) is 20.5. The first-order valence-electron chi connectivity index (χ1n) is 12.1. The van der Waals surface area contributed by atoms with E-state index in [9.17, 15) is 18.7 Å². The summed E-state index contributed by atoms with van der Waals surface area (Å²) in [6.07, 6.45) is 2.73. The van der Waals surface area contributed by atoms with Crippen LogP contribution in [0.15, 0.2) is 83.6 Å². The van der Waals surface area contributed by atoms with Gasteiger partial charge >= 0.3 is 0 Å². The fraction of sp³-hybridized carbons (Fsp3) is 0.241. The maximum Gasteiger partial charge on any atom is 0.254 e. The average Bonchev–Trinajstić information content (AvgIpc) is 3.42. The number of carbonyl (C=O) groups is 1. The van der Waals surface area contributed by atoms with Gasteiger partial charge in [-0.15, -0.1) is 0 Å². The van der Waals surface area contributed by atoms with Crippen LogP contribution in [-0.4, -0.2) is 39.6 Å². The SMILES string of the molecule is CCc1cccc(CN(CC(O)C(N)Cc2cc(F)cc(F)c2)C(=O)c2cccc(-c3ncco3)c2)c1. The first-order chi connectivity index (χ1) is 17.8. The van der Waals surface area contributed by atoms with Gasteiger partial charge in [0.15, 0.2) is 0 Å². The number of aromatic nitrogens is 1. The van der Waals surface area contributed by atoms with Gasteiger partial charge in [-0.1, -0.05) is 37.3 Å². The third-order valence-corrected chi connectivity index (χ3v) is 6.14. The normalized spacial score (nSPS) is 12.8. The summed E-state index contributed by atoms with van der Waals surface area (Å²) < 4.78 is 32.6. The van der Waals surface area contributed by atoms with Crippen LogP contribution in [0.1, 0.15) is 34.0 Å². The van der Waals surface area contributed by atoms with Crippen LogP contribution in [0.2, 0.25) is 0 Å². The Morgan fingerprint density at radius 2 is 1.76 bits per heavy atom. The molecule has 37 heavy (non-hydrogen) atoms. The van der Waals surface area contributed by atoms with Crippen molar-refractivity contribution < 1.29 is 23.1 Å². The molecule has 3 aromatic carbocycles. The van der Waals surface area contributed by atoms with E-state index < -0.39 is 23.8 Å². The molecule has 192 valence electrons. The lowest BCUT2D eigenvalue weighted by Crippen LogP contribution is -2.46. The topological polar surface area (TPSA) is 92.6 Å². The molecular formula is C29H29F2N3O3. The molecule has 3 N–H and O–H groups in total. The van der Waals surface area contributed by atoms with Gasteiger partial charge in [-0.2, -0.15) is 0 Å². The molecule has 1 heterocycles. The van der Waals surface area contributed by atoms with E-state index in [1.165, 1.54) is 29.5 Å². The number of aryl methyl sites for hydroxylation is 1. The van der Waals surface area contributed by atoms with Crippen molar-refractivity contribution in [3.8, 4) is 11.5 Å². The molecule has 0 aliphatic heterocycles. The Morgan fingerprint density at radius 1 is 1.03 bits per heavy atom. The highest BCUT2D eigenvalue weighted by molar-refractivity contribution is 5.95. The number of nitrogens with two attached hydrogens (primary N) is 1. The van der Waals surface area contributed by atoms with Crippen molar-refractivity contribution in [3.05, 3.63) is 113 Å². The molecule has 0 aliphatic carbocycles. The molecule has 2 atom stereocenters. The summed E-state index contributed by atoms with van der Waals surface area (Å²) in [5.41, 5.74) is 9.62. The highest BCUT2D eigenvalue weighted by Gasteiger charge is 2.24. The Balaban J connectivity index is 1.57. The second-order valence-corrected chi connectivity index (χ2v) is 8.99. The Bertz CT molecular complexity index is 1320. The number of hydrogen-bond donors (Lipinski definition) is 2. The maximum atomic E-state index is 13.7. The Kier molecular flexibility index (Phi) is 8.43. The number of oxazole rings is 1. The smallest absolute Gasteiger partial charge is 0.254 e. The number of aliphatic hydroxyl groups excluding tert-OH is 1. The zero-order valence-electron chi connectivity index (χ0n) is 20.5. The third kappa shape index (κ3) is 6.87. The Hall–Kier alpha value is -3.88. The molecule has 4 rings (SSSR count). The number of rotatable bonds is 10. The molecule has 0 saturated heterocycles. The summed E-state index contributed by atoms with van der Waals surface area (Å²) in [6.45, 7) is 2.22. The Labute approximate surface area is 214 Å². The zero-order chi connectivity index (χ0) is 26.4. The van der Waals surface area contributed by atoms with Gasteiger partial charge in [0.05, 0.1) is 12.3 Å². The molecule has 0 bridgehead atoms. The molecule has 6 nitrogen and oxygen atoms in total. The standard InChI is InChI=1S/C29H29F2N3O3/c1-2-19-5-3-6-20(11-19)17-34(18-27(35)26(32)14-21-12-24(30)16-25(31)13-21)29(36)23-8-4-7-22(15-23)28-33-9-10-37-28/h3-13,15-16,26-27,35H,2,14,17-18,32H2,1H3. The highest BCUT2D eigenvalue weighted by Crippen LogP contribution is 2.21. The summed E-state index contributed by atoms with van der Waals surface area (Å²) >= 11 is 0. The van der Waals surface area contributed by atoms with E-state index in [-0.39, 0.29) is 25.4 Å². The largest absolute Gasteiger partial charge is 0.445 e. The van der Waals surface area contributed by atoms with Crippen LogP contribution in [0.3, 0.4) is 0 Å². The van der Waals surface area contributed by atoms with Gasteiger partial charge in [-0.25, -0.2) is 13.8 Å². The molecule has 0 radical (unpaired) electrons. The van der Waals surface area contributed by atoms with Crippen LogP contribution < -0.4 is 5.73 Å².